The van der Waals surface area contributed by atoms with Gasteiger partial charge in [0.1, 0.15) is 5.75 Å². The van der Waals surface area contributed by atoms with Gasteiger partial charge in [-0.3, -0.25) is 0 Å². The average Bonchev–Trinajstić information content (AvgIpc) is 2.69. The topological polar surface area (TPSA) is 40.5 Å². The summed E-state index contributed by atoms with van der Waals surface area (Å²) in [6.07, 6.45) is 6.42. The molecule has 29 heavy (non-hydrogen) atoms. The van der Waals surface area contributed by atoms with Crippen molar-refractivity contribution in [2.75, 3.05) is 0 Å². The second-order valence-corrected chi connectivity index (χ2v) is 9.23. The highest BCUT2D eigenvalue weighted by Crippen LogP contribution is 2.41. The molecule has 0 amide bonds. The van der Waals surface area contributed by atoms with Crippen LogP contribution in [-0.2, 0) is 11.8 Å². The fourth-order valence-corrected chi connectivity index (χ4v) is 4.04. The Morgan fingerprint density at radius 2 is 1.52 bits per heavy atom. The first-order valence-corrected chi connectivity index (χ1v) is 10.9. The molecule has 0 saturated heterocycles. The van der Waals surface area contributed by atoms with Crippen LogP contribution in [0.25, 0.3) is 6.08 Å². The molecule has 0 aromatic heterocycles. The van der Waals surface area contributed by atoms with Gasteiger partial charge in [-0.2, -0.15) is 0 Å². The second-order valence-electron chi connectivity index (χ2n) is 9.23. The molecule has 0 aliphatic heterocycles. The summed E-state index contributed by atoms with van der Waals surface area (Å²) in [6, 6.07) is 12.8. The summed E-state index contributed by atoms with van der Waals surface area (Å²) in [7, 11) is 0. The van der Waals surface area contributed by atoms with Crippen molar-refractivity contribution in [3.05, 3.63) is 70.3 Å². The fourth-order valence-electron chi connectivity index (χ4n) is 4.04. The van der Waals surface area contributed by atoms with Crippen LogP contribution >= 0.6 is 0 Å². The van der Waals surface area contributed by atoms with Crippen LogP contribution in [0.4, 0.5) is 0 Å². The molecule has 0 fully saturated rings. The largest absolute Gasteiger partial charge is 0.508 e. The number of rotatable bonds is 7. The fraction of sp³-hybridized carbons (Fsp3) is 0.481. The molecule has 1 atom stereocenters. The molecule has 0 saturated carbocycles. The summed E-state index contributed by atoms with van der Waals surface area (Å²) in [6.45, 7) is 14.8. The van der Waals surface area contributed by atoms with Gasteiger partial charge in [-0.05, 0) is 65.5 Å². The summed E-state index contributed by atoms with van der Waals surface area (Å²) in [4.78, 5) is 0. The molecule has 0 bridgehead atoms. The Hall–Kier alpha value is -2.06. The van der Waals surface area contributed by atoms with E-state index in [4.69, 9.17) is 0 Å². The minimum absolute atomic E-state index is 0.0739. The lowest BCUT2D eigenvalue weighted by atomic mass is 9.69. The van der Waals surface area contributed by atoms with Crippen molar-refractivity contribution >= 4 is 6.08 Å². The number of aryl methyl sites for hydroxylation is 2. The molecule has 2 heteroatoms. The van der Waals surface area contributed by atoms with Crippen molar-refractivity contribution in [1.82, 2.24) is 0 Å². The number of phenolic OH excluding ortho intramolecular Hbond substituents is 1. The predicted octanol–water partition coefficient (Wildman–Crippen LogP) is 6.79. The van der Waals surface area contributed by atoms with Crippen LogP contribution in [-0.4, -0.2) is 16.3 Å². The molecule has 0 heterocycles. The zero-order valence-electron chi connectivity index (χ0n) is 19.2. The van der Waals surface area contributed by atoms with Gasteiger partial charge in [0.2, 0.25) is 0 Å². The molecular weight excluding hydrogens is 356 g/mol. The minimum Gasteiger partial charge on any atom is -0.508 e. The Kier molecular flexibility index (Phi) is 7.35. The highest BCUT2D eigenvalue weighted by Gasteiger charge is 2.31. The zero-order chi connectivity index (χ0) is 21.8. The van der Waals surface area contributed by atoms with E-state index in [0.717, 1.165) is 24.8 Å². The molecule has 2 N–H and O–H groups in total. The van der Waals surface area contributed by atoms with Gasteiger partial charge in [-0.15, -0.1) is 0 Å². The van der Waals surface area contributed by atoms with Gasteiger partial charge in [0, 0.05) is 5.41 Å². The third-order valence-electron chi connectivity index (χ3n) is 6.38. The number of benzene rings is 2. The quantitative estimate of drug-likeness (QED) is 0.543. The van der Waals surface area contributed by atoms with Crippen molar-refractivity contribution in [2.24, 2.45) is 5.41 Å². The van der Waals surface area contributed by atoms with E-state index in [-0.39, 0.29) is 10.8 Å². The Morgan fingerprint density at radius 1 is 0.931 bits per heavy atom. The number of phenols is 1. The Balaban J connectivity index is 2.51. The first-order valence-electron chi connectivity index (χ1n) is 10.9. The number of aromatic hydroxyl groups is 1. The van der Waals surface area contributed by atoms with Crippen LogP contribution in [0.2, 0.25) is 0 Å². The molecule has 2 aromatic rings. The maximum absolute atomic E-state index is 10.4. The van der Waals surface area contributed by atoms with Gasteiger partial charge in [0.25, 0.3) is 0 Å². The molecule has 2 nitrogen and oxygen atoms in total. The number of aliphatic hydroxyl groups is 1. The van der Waals surface area contributed by atoms with E-state index < -0.39 is 6.10 Å². The summed E-state index contributed by atoms with van der Waals surface area (Å²) in [5.41, 5.74) is 5.71. The Bertz CT molecular complexity index is 851. The number of hydrogen-bond donors (Lipinski definition) is 2. The van der Waals surface area contributed by atoms with E-state index in [9.17, 15) is 10.2 Å². The SMILES string of the molecule is CCc1cc(C(CC)(CC)c2ccc(O)c(C)c2)ccc1/C=C/C(O)C(C)(C)C. The van der Waals surface area contributed by atoms with Crippen LogP contribution in [0, 0.1) is 12.3 Å². The molecule has 158 valence electrons. The highest BCUT2D eigenvalue weighted by atomic mass is 16.3. The first kappa shape index (κ1) is 23.2. The maximum atomic E-state index is 10.4. The van der Waals surface area contributed by atoms with Crippen LogP contribution in [0.1, 0.15) is 82.2 Å². The molecule has 2 aromatic carbocycles. The molecule has 2 rings (SSSR count). The van der Waals surface area contributed by atoms with E-state index in [1.165, 1.54) is 22.3 Å². The number of aliphatic hydroxyl groups excluding tert-OH is 1. The third kappa shape index (κ3) is 4.93. The highest BCUT2D eigenvalue weighted by molar-refractivity contribution is 5.57. The van der Waals surface area contributed by atoms with Gasteiger partial charge < -0.3 is 10.2 Å². The van der Waals surface area contributed by atoms with Gasteiger partial charge in [0.15, 0.2) is 0 Å². The molecule has 0 spiro atoms. The van der Waals surface area contributed by atoms with Gasteiger partial charge in [0.05, 0.1) is 6.10 Å². The molecular formula is C27H38O2. The lowest BCUT2D eigenvalue weighted by molar-refractivity contribution is 0.106. The third-order valence-corrected chi connectivity index (χ3v) is 6.38. The van der Waals surface area contributed by atoms with Crippen molar-refractivity contribution in [2.45, 2.75) is 79.2 Å². The monoisotopic (exact) mass is 394 g/mol. The molecule has 0 aliphatic rings. The van der Waals surface area contributed by atoms with E-state index in [0.29, 0.717) is 5.75 Å². The van der Waals surface area contributed by atoms with Crippen molar-refractivity contribution in [3.8, 4) is 5.75 Å². The van der Waals surface area contributed by atoms with Crippen LogP contribution in [0.15, 0.2) is 42.5 Å². The summed E-state index contributed by atoms with van der Waals surface area (Å²) in [5, 5.41) is 20.3. The van der Waals surface area contributed by atoms with Gasteiger partial charge in [-0.25, -0.2) is 0 Å². The standard InChI is InChI=1S/C27H38O2/c1-8-20-18-23(13-11-21(20)12-16-25(29)26(5,6)7)27(9-2,10-3)22-14-15-24(28)19(4)17-22/h11-18,25,28-29H,8-10H2,1-7H3/b16-12+. The smallest absolute Gasteiger partial charge is 0.118 e. The lowest BCUT2D eigenvalue weighted by Gasteiger charge is -2.34. The zero-order valence-corrected chi connectivity index (χ0v) is 19.2. The first-order chi connectivity index (χ1) is 13.6. The number of hydrogen-bond acceptors (Lipinski definition) is 2. The van der Waals surface area contributed by atoms with Gasteiger partial charge >= 0.3 is 0 Å². The molecule has 0 radical (unpaired) electrons. The lowest BCUT2D eigenvalue weighted by Crippen LogP contribution is -2.26. The summed E-state index contributed by atoms with van der Waals surface area (Å²) < 4.78 is 0. The summed E-state index contributed by atoms with van der Waals surface area (Å²) in [5.74, 6) is 0.349. The maximum Gasteiger partial charge on any atom is 0.118 e. The second kappa shape index (κ2) is 9.17. The van der Waals surface area contributed by atoms with Crippen LogP contribution in [0.3, 0.4) is 0 Å². The average molecular weight is 395 g/mol. The summed E-state index contributed by atoms with van der Waals surface area (Å²) >= 11 is 0. The molecule has 1 unspecified atom stereocenters. The van der Waals surface area contributed by atoms with E-state index >= 15 is 0 Å². The Morgan fingerprint density at radius 3 is 2.03 bits per heavy atom. The van der Waals surface area contributed by atoms with Crippen molar-refractivity contribution < 1.29 is 10.2 Å². The Labute approximate surface area is 177 Å². The van der Waals surface area contributed by atoms with Crippen molar-refractivity contribution in [1.29, 1.82) is 0 Å². The van der Waals surface area contributed by atoms with E-state index in [2.05, 4.69) is 57.2 Å². The molecule has 0 aliphatic carbocycles. The van der Waals surface area contributed by atoms with E-state index in [1.54, 1.807) is 0 Å². The predicted molar refractivity (Wildman–Crippen MR) is 125 cm³/mol. The normalized spacial score (nSPS) is 13.8. The van der Waals surface area contributed by atoms with Crippen LogP contribution in [0.5, 0.6) is 5.75 Å². The van der Waals surface area contributed by atoms with E-state index in [1.807, 2.05) is 39.8 Å². The van der Waals surface area contributed by atoms with Crippen LogP contribution < -0.4 is 0 Å². The minimum atomic E-state index is -0.475. The van der Waals surface area contributed by atoms with Gasteiger partial charge in [-0.1, -0.05) is 84.0 Å². The van der Waals surface area contributed by atoms with Crippen molar-refractivity contribution in [3.63, 3.8) is 0 Å².